The number of methoxy groups -OCH3 is 1. The van der Waals surface area contributed by atoms with Gasteiger partial charge in [-0.1, -0.05) is 12.1 Å². The molecule has 2 aromatic heterocycles. The molecular weight excluding hydrogens is 462 g/mol. The summed E-state index contributed by atoms with van der Waals surface area (Å²) in [5.41, 5.74) is 3.67. The number of piperazine rings is 1. The highest BCUT2D eigenvalue weighted by molar-refractivity contribution is 7.13. The molecule has 35 heavy (non-hydrogen) atoms. The summed E-state index contributed by atoms with van der Waals surface area (Å²) in [5.74, 6) is 0.820. The zero-order chi connectivity index (χ0) is 24.4. The number of rotatable bonds is 7. The smallest absolute Gasteiger partial charge is 0.329 e. The highest BCUT2D eigenvalue weighted by atomic mass is 32.1. The molecule has 2 aromatic carbocycles. The van der Waals surface area contributed by atoms with E-state index in [1.807, 2.05) is 60.4 Å². The number of hydrogen-bond acceptors (Lipinski definition) is 6. The molecule has 0 aliphatic carbocycles. The van der Waals surface area contributed by atoms with Crippen molar-refractivity contribution in [3.05, 3.63) is 70.1 Å². The van der Waals surface area contributed by atoms with E-state index in [9.17, 15) is 9.59 Å². The molecule has 3 heterocycles. The lowest BCUT2D eigenvalue weighted by Gasteiger charge is -2.34. The molecule has 1 saturated heterocycles. The minimum Gasteiger partial charge on any atom is -0.497 e. The Kier molecular flexibility index (Phi) is 6.70. The van der Waals surface area contributed by atoms with E-state index in [0.717, 1.165) is 52.7 Å². The summed E-state index contributed by atoms with van der Waals surface area (Å²) in [6.45, 7) is 6.23. The second kappa shape index (κ2) is 10.1. The van der Waals surface area contributed by atoms with Crippen LogP contribution in [0.4, 0.5) is 0 Å². The van der Waals surface area contributed by atoms with Crippen LogP contribution in [0, 0.1) is 0 Å². The molecule has 1 aliphatic heterocycles. The van der Waals surface area contributed by atoms with E-state index in [0.29, 0.717) is 19.6 Å². The van der Waals surface area contributed by atoms with Crippen molar-refractivity contribution < 1.29 is 9.53 Å². The van der Waals surface area contributed by atoms with Gasteiger partial charge in [-0.05, 0) is 43.3 Å². The van der Waals surface area contributed by atoms with Crippen molar-refractivity contribution in [2.24, 2.45) is 0 Å². The number of benzene rings is 2. The minimum atomic E-state index is -0.128. The number of thiazole rings is 1. The van der Waals surface area contributed by atoms with Gasteiger partial charge in [0.05, 0.1) is 23.8 Å². The summed E-state index contributed by atoms with van der Waals surface area (Å²) in [6.07, 6.45) is 0. The molecule has 5 rings (SSSR count). The maximum absolute atomic E-state index is 13.1. The Labute approximate surface area is 208 Å². The van der Waals surface area contributed by atoms with Crippen molar-refractivity contribution in [2.75, 3.05) is 33.3 Å². The normalized spacial score (nSPS) is 14.5. The first kappa shape index (κ1) is 23.3. The first-order chi connectivity index (χ1) is 17.1. The number of hydrogen-bond donors (Lipinski definition) is 0. The second-order valence-corrected chi connectivity index (χ2v) is 9.49. The number of amides is 1. The van der Waals surface area contributed by atoms with Crippen LogP contribution < -0.4 is 10.4 Å². The maximum atomic E-state index is 13.1. The van der Waals surface area contributed by atoms with Crippen molar-refractivity contribution in [2.45, 2.75) is 26.6 Å². The van der Waals surface area contributed by atoms with Gasteiger partial charge in [0.15, 0.2) is 0 Å². The molecule has 0 radical (unpaired) electrons. The van der Waals surface area contributed by atoms with Crippen LogP contribution in [0.2, 0.25) is 0 Å². The van der Waals surface area contributed by atoms with Crippen LogP contribution in [-0.4, -0.2) is 63.1 Å². The molecule has 4 aromatic rings. The fraction of sp³-hybridized carbons (Fsp3) is 0.346. The predicted octanol–water partition coefficient (Wildman–Crippen LogP) is 3.30. The second-order valence-electron chi connectivity index (χ2n) is 8.63. The molecule has 0 atom stereocenters. The quantitative estimate of drug-likeness (QED) is 0.397. The Morgan fingerprint density at radius 2 is 1.69 bits per heavy atom. The lowest BCUT2D eigenvalue weighted by atomic mass is 10.2. The number of fused-ring (bicyclic) bond motifs is 1. The molecule has 9 heteroatoms. The highest BCUT2D eigenvalue weighted by Crippen LogP contribution is 2.26. The first-order valence-electron chi connectivity index (χ1n) is 11.8. The number of para-hydroxylation sites is 2. The third kappa shape index (κ3) is 4.74. The van der Waals surface area contributed by atoms with Crippen LogP contribution in [-0.2, 0) is 24.4 Å². The van der Waals surface area contributed by atoms with Crippen LogP contribution in [0.3, 0.4) is 0 Å². The Balaban J connectivity index is 1.19. The molecule has 0 N–H and O–H groups in total. The lowest BCUT2D eigenvalue weighted by molar-refractivity contribution is -0.133. The predicted molar refractivity (Wildman–Crippen MR) is 138 cm³/mol. The molecule has 0 bridgehead atoms. The fourth-order valence-corrected chi connectivity index (χ4v) is 5.41. The molecule has 8 nitrogen and oxygen atoms in total. The van der Waals surface area contributed by atoms with Crippen LogP contribution in [0.5, 0.6) is 5.75 Å². The Bertz CT molecular complexity index is 1380. The van der Waals surface area contributed by atoms with Crippen molar-refractivity contribution in [3.8, 4) is 16.3 Å². The van der Waals surface area contributed by atoms with E-state index in [4.69, 9.17) is 9.72 Å². The number of carbonyl (C=O) groups is 1. The third-order valence-corrected chi connectivity index (χ3v) is 7.47. The Morgan fingerprint density at radius 1 is 1.00 bits per heavy atom. The molecule has 1 amide bonds. The van der Waals surface area contributed by atoms with E-state index >= 15 is 0 Å². The largest absolute Gasteiger partial charge is 0.497 e. The number of aryl methyl sites for hydroxylation is 1. The van der Waals surface area contributed by atoms with E-state index in [-0.39, 0.29) is 18.1 Å². The van der Waals surface area contributed by atoms with Crippen molar-refractivity contribution >= 4 is 28.3 Å². The first-order valence-corrected chi connectivity index (χ1v) is 12.7. The van der Waals surface area contributed by atoms with Crippen molar-refractivity contribution in [1.29, 1.82) is 0 Å². The average molecular weight is 492 g/mol. The van der Waals surface area contributed by atoms with Gasteiger partial charge in [-0.25, -0.2) is 9.78 Å². The minimum absolute atomic E-state index is 0.0128. The van der Waals surface area contributed by atoms with Gasteiger partial charge in [-0.2, -0.15) is 0 Å². The van der Waals surface area contributed by atoms with Gasteiger partial charge >= 0.3 is 5.69 Å². The Morgan fingerprint density at radius 3 is 2.34 bits per heavy atom. The van der Waals surface area contributed by atoms with Gasteiger partial charge in [-0.15, -0.1) is 11.3 Å². The molecule has 182 valence electrons. The number of aromatic nitrogens is 3. The third-order valence-electron chi connectivity index (χ3n) is 6.53. The van der Waals surface area contributed by atoms with E-state index in [1.54, 1.807) is 27.6 Å². The molecule has 1 aliphatic rings. The van der Waals surface area contributed by atoms with Crippen molar-refractivity contribution in [1.82, 2.24) is 23.9 Å². The molecule has 0 saturated carbocycles. The zero-order valence-corrected chi connectivity index (χ0v) is 20.8. The van der Waals surface area contributed by atoms with Crippen LogP contribution in [0.15, 0.2) is 58.7 Å². The monoisotopic (exact) mass is 491 g/mol. The van der Waals surface area contributed by atoms with Gasteiger partial charge in [0.25, 0.3) is 0 Å². The van der Waals surface area contributed by atoms with E-state index in [2.05, 4.69) is 10.3 Å². The van der Waals surface area contributed by atoms with Gasteiger partial charge in [-0.3, -0.25) is 18.8 Å². The summed E-state index contributed by atoms with van der Waals surface area (Å²) < 4.78 is 8.55. The van der Waals surface area contributed by atoms with Crippen LogP contribution in [0.25, 0.3) is 21.6 Å². The molecular formula is C26H29N5O3S. The number of ether oxygens (including phenoxy) is 1. The number of imidazole rings is 1. The molecule has 1 fully saturated rings. The highest BCUT2D eigenvalue weighted by Gasteiger charge is 2.23. The van der Waals surface area contributed by atoms with Crippen LogP contribution in [0.1, 0.15) is 12.6 Å². The summed E-state index contributed by atoms with van der Waals surface area (Å²) in [6, 6.07) is 15.6. The van der Waals surface area contributed by atoms with Crippen LogP contribution >= 0.6 is 11.3 Å². The standard InChI is InChI=1S/C26H29N5O3S/c1-3-30-22-6-4-5-7-23(22)31(26(30)33)17-24(32)29-14-12-28(13-15-29)16-20-18-35-25(27-20)19-8-10-21(34-2)11-9-19/h4-11,18H,3,12-17H2,1-2H3. The summed E-state index contributed by atoms with van der Waals surface area (Å²) in [7, 11) is 1.66. The summed E-state index contributed by atoms with van der Waals surface area (Å²) in [4.78, 5) is 34.9. The van der Waals surface area contributed by atoms with Gasteiger partial charge < -0.3 is 9.64 Å². The van der Waals surface area contributed by atoms with Crippen molar-refractivity contribution in [3.63, 3.8) is 0 Å². The zero-order valence-electron chi connectivity index (χ0n) is 20.0. The number of carbonyl (C=O) groups excluding carboxylic acids is 1. The molecule has 0 unspecified atom stereocenters. The van der Waals surface area contributed by atoms with E-state index in [1.165, 1.54) is 0 Å². The summed E-state index contributed by atoms with van der Waals surface area (Å²) >= 11 is 1.64. The van der Waals surface area contributed by atoms with Gasteiger partial charge in [0, 0.05) is 50.2 Å². The SMILES string of the molecule is CCn1c(=O)n(CC(=O)N2CCN(Cc3csc(-c4ccc(OC)cc4)n3)CC2)c2ccccc21. The number of nitrogens with zero attached hydrogens (tertiary/aromatic N) is 5. The maximum Gasteiger partial charge on any atom is 0.329 e. The average Bonchev–Trinajstić information content (AvgIpc) is 3.46. The summed E-state index contributed by atoms with van der Waals surface area (Å²) in [5, 5.41) is 3.10. The topological polar surface area (TPSA) is 72.6 Å². The molecule has 0 spiro atoms. The van der Waals surface area contributed by atoms with E-state index < -0.39 is 0 Å². The lowest BCUT2D eigenvalue weighted by Crippen LogP contribution is -2.49. The fourth-order valence-electron chi connectivity index (χ4n) is 4.60. The Hall–Kier alpha value is -3.43. The van der Waals surface area contributed by atoms with Gasteiger partial charge in [0.2, 0.25) is 5.91 Å². The van der Waals surface area contributed by atoms with Gasteiger partial charge in [0.1, 0.15) is 17.3 Å².